The van der Waals surface area contributed by atoms with E-state index in [9.17, 15) is 10.2 Å². The van der Waals surface area contributed by atoms with Gasteiger partial charge in [0.05, 0.1) is 13.2 Å². The number of rotatable bonds is 6. The highest BCUT2D eigenvalue weighted by atomic mass is 16.5. The van der Waals surface area contributed by atoms with Crippen LogP contribution in [0.15, 0.2) is 18.3 Å². The van der Waals surface area contributed by atoms with Crippen molar-refractivity contribution in [2.75, 3.05) is 7.11 Å². The van der Waals surface area contributed by atoms with Gasteiger partial charge >= 0.3 is 0 Å². The largest absolute Gasteiger partial charge is 0.495 e. The first-order valence-electron chi connectivity index (χ1n) is 6.00. The topological polar surface area (TPSA) is 62.6 Å². The maximum atomic E-state index is 10.1. The molecular formula is C13H21NO3. The van der Waals surface area contributed by atoms with E-state index >= 15 is 0 Å². The molecule has 96 valence electrons. The van der Waals surface area contributed by atoms with Crippen molar-refractivity contribution in [2.45, 2.75) is 38.9 Å². The summed E-state index contributed by atoms with van der Waals surface area (Å²) in [5, 5.41) is 20.2. The Morgan fingerprint density at radius 2 is 1.94 bits per heavy atom. The summed E-state index contributed by atoms with van der Waals surface area (Å²) in [6.45, 7) is 4.00. The van der Waals surface area contributed by atoms with E-state index in [-0.39, 0.29) is 5.92 Å². The van der Waals surface area contributed by atoms with E-state index in [1.807, 2.05) is 13.8 Å². The van der Waals surface area contributed by atoms with E-state index in [1.54, 1.807) is 18.3 Å². The maximum absolute atomic E-state index is 10.1. The van der Waals surface area contributed by atoms with Crippen molar-refractivity contribution in [2.24, 2.45) is 5.92 Å². The molecule has 0 aliphatic rings. The van der Waals surface area contributed by atoms with Crippen LogP contribution in [-0.2, 0) is 0 Å². The number of hydrogen-bond acceptors (Lipinski definition) is 4. The van der Waals surface area contributed by atoms with Crippen molar-refractivity contribution in [3.63, 3.8) is 0 Å². The lowest BCUT2D eigenvalue weighted by Crippen LogP contribution is -2.27. The zero-order valence-corrected chi connectivity index (χ0v) is 10.6. The SMILES string of the molecule is CCC(CC)C(O)C(O)c1ncccc1OC. The molecule has 1 aromatic rings. The Kier molecular flexibility index (Phi) is 5.38. The van der Waals surface area contributed by atoms with Crippen LogP contribution in [0.2, 0.25) is 0 Å². The first-order valence-corrected chi connectivity index (χ1v) is 6.00. The van der Waals surface area contributed by atoms with Crippen LogP contribution in [0.4, 0.5) is 0 Å². The minimum Gasteiger partial charge on any atom is -0.495 e. The number of aromatic nitrogens is 1. The molecule has 1 heterocycles. The van der Waals surface area contributed by atoms with Gasteiger partial charge in [-0.15, -0.1) is 0 Å². The molecule has 0 amide bonds. The molecule has 0 aliphatic heterocycles. The average molecular weight is 239 g/mol. The molecule has 2 unspecified atom stereocenters. The van der Waals surface area contributed by atoms with E-state index in [0.29, 0.717) is 11.4 Å². The second kappa shape index (κ2) is 6.57. The maximum Gasteiger partial charge on any atom is 0.143 e. The zero-order valence-electron chi connectivity index (χ0n) is 10.6. The highest BCUT2D eigenvalue weighted by Crippen LogP contribution is 2.29. The molecule has 2 atom stereocenters. The Morgan fingerprint density at radius 3 is 2.47 bits per heavy atom. The number of methoxy groups -OCH3 is 1. The second-order valence-electron chi connectivity index (χ2n) is 4.10. The van der Waals surface area contributed by atoms with Gasteiger partial charge in [-0.2, -0.15) is 0 Å². The van der Waals surface area contributed by atoms with Crippen molar-refractivity contribution in [1.82, 2.24) is 4.98 Å². The third-order valence-corrected chi connectivity index (χ3v) is 3.16. The molecule has 17 heavy (non-hydrogen) atoms. The highest BCUT2D eigenvalue weighted by Gasteiger charge is 2.28. The molecule has 2 N–H and O–H groups in total. The van der Waals surface area contributed by atoms with Crippen molar-refractivity contribution in [3.05, 3.63) is 24.0 Å². The minimum absolute atomic E-state index is 0.0664. The normalized spacial score (nSPS) is 14.7. The van der Waals surface area contributed by atoms with Gasteiger partial charge in [0.1, 0.15) is 17.5 Å². The Morgan fingerprint density at radius 1 is 1.29 bits per heavy atom. The minimum atomic E-state index is -1.00. The van der Waals surface area contributed by atoms with Gasteiger partial charge in [0.2, 0.25) is 0 Å². The summed E-state index contributed by atoms with van der Waals surface area (Å²) in [5.74, 6) is 0.571. The fraction of sp³-hybridized carbons (Fsp3) is 0.615. The summed E-state index contributed by atoms with van der Waals surface area (Å²) in [6.07, 6.45) is 1.42. The summed E-state index contributed by atoms with van der Waals surface area (Å²) in [5.41, 5.74) is 0.398. The number of pyridine rings is 1. The molecule has 0 spiro atoms. The number of aliphatic hydroxyl groups excluding tert-OH is 2. The fourth-order valence-electron chi connectivity index (χ4n) is 1.99. The van der Waals surface area contributed by atoms with Crippen molar-refractivity contribution in [1.29, 1.82) is 0 Å². The van der Waals surface area contributed by atoms with Crippen LogP contribution in [0, 0.1) is 5.92 Å². The molecule has 1 aromatic heterocycles. The molecule has 0 saturated heterocycles. The average Bonchev–Trinajstić information content (AvgIpc) is 2.39. The first kappa shape index (κ1) is 13.9. The molecule has 0 radical (unpaired) electrons. The molecule has 0 bridgehead atoms. The van der Waals surface area contributed by atoms with E-state index < -0.39 is 12.2 Å². The summed E-state index contributed by atoms with van der Waals surface area (Å²) in [6, 6.07) is 3.46. The Balaban J connectivity index is 2.91. The van der Waals surface area contributed by atoms with E-state index in [1.165, 1.54) is 7.11 Å². The van der Waals surface area contributed by atoms with Gasteiger partial charge in [0.25, 0.3) is 0 Å². The summed E-state index contributed by atoms with van der Waals surface area (Å²) in [4.78, 5) is 4.09. The zero-order chi connectivity index (χ0) is 12.8. The quantitative estimate of drug-likeness (QED) is 0.796. The van der Waals surface area contributed by atoms with E-state index in [4.69, 9.17) is 4.74 Å². The molecule has 0 aromatic carbocycles. The molecule has 0 fully saturated rings. The van der Waals surface area contributed by atoms with Crippen LogP contribution in [0.25, 0.3) is 0 Å². The lowest BCUT2D eigenvalue weighted by atomic mass is 9.91. The Hall–Kier alpha value is -1.13. The molecule has 4 heteroatoms. The van der Waals surface area contributed by atoms with Crippen LogP contribution in [0.3, 0.4) is 0 Å². The lowest BCUT2D eigenvalue weighted by molar-refractivity contribution is -0.0241. The van der Waals surface area contributed by atoms with Crippen LogP contribution in [-0.4, -0.2) is 28.4 Å². The van der Waals surface area contributed by atoms with Gasteiger partial charge in [-0.05, 0) is 18.1 Å². The summed E-state index contributed by atoms with van der Waals surface area (Å²) >= 11 is 0. The van der Waals surface area contributed by atoms with Crippen LogP contribution < -0.4 is 4.74 Å². The molecular weight excluding hydrogens is 218 g/mol. The van der Waals surface area contributed by atoms with Gasteiger partial charge in [0, 0.05) is 6.20 Å². The van der Waals surface area contributed by atoms with Gasteiger partial charge < -0.3 is 14.9 Å². The van der Waals surface area contributed by atoms with Crippen LogP contribution >= 0.6 is 0 Å². The van der Waals surface area contributed by atoms with Crippen molar-refractivity contribution >= 4 is 0 Å². The van der Waals surface area contributed by atoms with Gasteiger partial charge in [-0.1, -0.05) is 26.7 Å². The number of hydrogen-bond donors (Lipinski definition) is 2. The van der Waals surface area contributed by atoms with Crippen LogP contribution in [0.1, 0.15) is 38.5 Å². The van der Waals surface area contributed by atoms with Crippen molar-refractivity contribution < 1.29 is 14.9 Å². The predicted octanol–water partition coefficient (Wildman–Crippen LogP) is 1.92. The predicted molar refractivity (Wildman–Crippen MR) is 65.8 cm³/mol. The van der Waals surface area contributed by atoms with Crippen LogP contribution in [0.5, 0.6) is 5.75 Å². The lowest BCUT2D eigenvalue weighted by Gasteiger charge is -2.25. The van der Waals surface area contributed by atoms with Gasteiger partial charge in [-0.3, -0.25) is 4.98 Å². The number of ether oxygens (including phenoxy) is 1. The third-order valence-electron chi connectivity index (χ3n) is 3.16. The van der Waals surface area contributed by atoms with Gasteiger partial charge in [-0.25, -0.2) is 0 Å². The van der Waals surface area contributed by atoms with Gasteiger partial charge in [0.15, 0.2) is 0 Å². The molecule has 1 rings (SSSR count). The number of aliphatic hydroxyl groups is 2. The van der Waals surface area contributed by atoms with Crippen molar-refractivity contribution in [3.8, 4) is 5.75 Å². The first-order chi connectivity index (χ1) is 8.15. The third kappa shape index (κ3) is 3.17. The summed E-state index contributed by atoms with van der Waals surface area (Å²) in [7, 11) is 1.52. The molecule has 4 nitrogen and oxygen atoms in total. The molecule has 0 aliphatic carbocycles. The Bertz CT molecular complexity index is 339. The second-order valence-corrected chi connectivity index (χ2v) is 4.10. The fourth-order valence-corrected chi connectivity index (χ4v) is 1.99. The highest BCUT2D eigenvalue weighted by molar-refractivity contribution is 5.29. The van der Waals surface area contributed by atoms with E-state index in [0.717, 1.165) is 12.8 Å². The van der Waals surface area contributed by atoms with E-state index in [2.05, 4.69) is 4.98 Å². The monoisotopic (exact) mass is 239 g/mol. The summed E-state index contributed by atoms with van der Waals surface area (Å²) < 4.78 is 5.13. The standard InChI is InChI=1S/C13H21NO3/c1-4-9(5-2)12(15)13(16)11-10(17-3)7-6-8-14-11/h6-9,12-13,15-16H,4-5H2,1-3H3. The number of nitrogens with zero attached hydrogens (tertiary/aromatic N) is 1. The smallest absolute Gasteiger partial charge is 0.143 e. The molecule has 0 saturated carbocycles. The Labute approximate surface area is 102 Å².